The molecule has 0 atom stereocenters. The predicted octanol–water partition coefficient (Wildman–Crippen LogP) is 0.347. The Labute approximate surface area is 109 Å². The van der Waals surface area contributed by atoms with Crippen LogP contribution < -0.4 is 4.72 Å². The summed E-state index contributed by atoms with van der Waals surface area (Å²) in [6, 6.07) is 0. The van der Waals surface area contributed by atoms with Crippen LogP contribution in [0.1, 0.15) is 33.6 Å². The molecule has 0 saturated carbocycles. The SMILES string of the molecule is CC.CC(=O)N1CCC(C(=O)NS(C)(=O)=O)CC1. The van der Waals surface area contributed by atoms with E-state index in [0.29, 0.717) is 25.9 Å². The zero-order valence-corrected chi connectivity index (χ0v) is 12.2. The van der Waals surface area contributed by atoms with Crippen molar-refractivity contribution in [3.05, 3.63) is 0 Å². The molecular formula is C11H22N2O4S. The zero-order chi connectivity index (χ0) is 14.3. The van der Waals surface area contributed by atoms with Gasteiger partial charge in [-0.3, -0.25) is 14.3 Å². The minimum absolute atomic E-state index is 0.0121. The van der Waals surface area contributed by atoms with Crippen molar-refractivity contribution >= 4 is 21.8 Å². The van der Waals surface area contributed by atoms with Crippen molar-refractivity contribution in [2.45, 2.75) is 33.6 Å². The number of piperidine rings is 1. The molecule has 0 spiro atoms. The molecule has 18 heavy (non-hydrogen) atoms. The molecule has 1 rings (SSSR count). The number of carbonyl (C=O) groups excluding carboxylic acids is 2. The third-order valence-electron chi connectivity index (χ3n) is 2.60. The number of sulfonamides is 1. The maximum absolute atomic E-state index is 11.5. The summed E-state index contributed by atoms with van der Waals surface area (Å²) >= 11 is 0. The van der Waals surface area contributed by atoms with Gasteiger partial charge in [-0.1, -0.05) is 13.8 Å². The molecule has 0 aromatic rings. The Morgan fingerprint density at radius 3 is 1.94 bits per heavy atom. The summed E-state index contributed by atoms with van der Waals surface area (Å²) in [4.78, 5) is 24.2. The summed E-state index contributed by atoms with van der Waals surface area (Å²) < 4.78 is 23.7. The molecule has 2 amide bonds. The maximum Gasteiger partial charge on any atom is 0.236 e. The summed E-state index contributed by atoms with van der Waals surface area (Å²) in [5.41, 5.74) is 0. The first kappa shape index (κ1) is 16.9. The van der Waals surface area contributed by atoms with E-state index >= 15 is 0 Å². The molecule has 1 N–H and O–H groups in total. The van der Waals surface area contributed by atoms with Gasteiger partial charge in [0.25, 0.3) is 0 Å². The number of nitrogens with zero attached hydrogens (tertiary/aromatic N) is 1. The van der Waals surface area contributed by atoms with Crippen LogP contribution in [0.3, 0.4) is 0 Å². The van der Waals surface area contributed by atoms with Gasteiger partial charge in [0, 0.05) is 25.9 Å². The summed E-state index contributed by atoms with van der Waals surface area (Å²) in [6.07, 6.45) is 1.98. The van der Waals surface area contributed by atoms with E-state index in [1.54, 1.807) is 4.90 Å². The molecule has 0 aromatic heterocycles. The molecule has 1 aliphatic rings. The zero-order valence-electron chi connectivity index (χ0n) is 11.4. The molecule has 0 aromatic carbocycles. The summed E-state index contributed by atoms with van der Waals surface area (Å²) in [6.45, 7) is 6.51. The molecule has 1 fully saturated rings. The average molecular weight is 278 g/mol. The van der Waals surface area contributed by atoms with Gasteiger partial charge < -0.3 is 4.90 Å². The van der Waals surface area contributed by atoms with Gasteiger partial charge in [-0.2, -0.15) is 0 Å². The van der Waals surface area contributed by atoms with Crippen molar-refractivity contribution < 1.29 is 18.0 Å². The second-order valence-corrected chi connectivity index (χ2v) is 5.77. The van der Waals surface area contributed by atoms with E-state index in [4.69, 9.17) is 0 Å². The Balaban J connectivity index is 0.00000137. The number of hydrogen-bond donors (Lipinski definition) is 1. The Morgan fingerprint density at radius 1 is 1.17 bits per heavy atom. The van der Waals surface area contributed by atoms with Crippen molar-refractivity contribution in [3.63, 3.8) is 0 Å². The van der Waals surface area contributed by atoms with Gasteiger partial charge in [0.05, 0.1) is 6.26 Å². The van der Waals surface area contributed by atoms with Crippen molar-refractivity contribution in [1.82, 2.24) is 9.62 Å². The van der Waals surface area contributed by atoms with Crippen LogP contribution in [0.4, 0.5) is 0 Å². The lowest BCUT2D eigenvalue weighted by Gasteiger charge is -2.30. The lowest BCUT2D eigenvalue weighted by molar-refractivity contribution is -0.133. The molecule has 0 bridgehead atoms. The molecule has 0 unspecified atom stereocenters. The fraction of sp³-hybridized carbons (Fsp3) is 0.818. The third-order valence-corrected chi connectivity index (χ3v) is 3.17. The first-order valence-electron chi connectivity index (χ1n) is 6.07. The lowest BCUT2D eigenvalue weighted by Crippen LogP contribution is -2.43. The highest BCUT2D eigenvalue weighted by molar-refractivity contribution is 7.89. The molecule has 0 aliphatic carbocycles. The van der Waals surface area contributed by atoms with Gasteiger partial charge in [0.1, 0.15) is 0 Å². The van der Waals surface area contributed by atoms with Crippen molar-refractivity contribution in [2.75, 3.05) is 19.3 Å². The number of likely N-dealkylation sites (tertiary alicyclic amines) is 1. The molecule has 1 heterocycles. The van der Waals surface area contributed by atoms with E-state index in [1.807, 2.05) is 18.6 Å². The van der Waals surface area contributed by atoms with Crippen molar-refractivity contribution in [3.8, 4) is 0 Å². The smallest absolute Gasteiger partial charge is 0.236 e. The molecule has 7 heteroatoms. The van der Waals surface area contributed by atoms with Gasteiger partial charge in [-0.05, 0) is 12.8 Å². The molecule has 6 nitrogen and oxygen atoms in total. The fourth-order valence-corrected chi connectivity index (χ4v) is 2.25. The Morgan fingerprint density at radius 2 is 1.61 bits per heavy atom. The van der Waals surface area contributed by atoms with Crippen LogP contribution in [0.5, 0.6) is 0 Å². The topological polar surface area (TPSA) is 83.6 Å². The number of nitrogens with one attached hydrogen (secondary N) is 1. The van der Waals surface area contributed by atoms with Gasteiger partial charge in [-0.25, -0.2) is 8.42 Å². The Bertz CT molecular complexity index is 384. The Hall–Kier alpha value is -1.11. The minimum atomic E-state index is -3.48. The number of hydrogen-bond acceptors (Lipinski definition) is 4. The summed E-state index contributed by atoms with van der Waals surface area (Å²) in [5.74, 6) is -0.794. The van der Waals surface area contributed by atoms with E-state index in [9.17, 15) is 18.0 Å². The molecular weight excluding hydrogens is 256 g/mol. The molecule has 0 radical (unpaired) electrons. The lowest BCUT2D eigenvalue weighted by atomic mass is 9.96. The highest BCUT2D eigenvalue weighted by Gasteiger charge is 2.27. The van der Waals surface area contributed by atoms with Gasteiger partial charge in [0.15, 0.2) is 0 Å². The number of carbonyl (C=O) groups is 2. The van der Waals surface area contributed by atoms with Gasteiger partial charge in [0.2, 0.25) is 21.8 Å². The van der Waals surface area contributed by atoms with Crippen LogP contribution in [0.2, 0.25) is 0 Å². The standard InChI is InChI=1S/C9H16N2O4S.C2H6/c1-7(12)11-5-3-8(4-6-11)9(13)10-16(2,14)15;1-2/h8H,3-6H2,1-2H3,(H,10,13);1-2H3. The summed E-state index contributed by atoms with van der Waals surface area (Å²) in [7, 11) is -3.48. The van der Waals surface area contributed by atoms with Crippen LogP contribution in [0.15, 0.2) is 0 Å². The van der Waals surface area contributed by atoms with Crippen LogP contribution in [0, 0.1) is 5.92 Å². The first-order valence-corrected chi connectivity index (χ1v) is 7.96. The van der Waals surface area contributed by atoms with Crippen LogP contribution in [-0.2, 0) is 19.6 Å². The largest absolute Gasteiger partial charge is 0.343 e. The number of amides is 2. The number of rotatable bonds is 2. The van der Waals surface area contributed by atoms with Crippen LogP contribution in [-0.4, -0.2) is 44.5 Å². The molecule has 1 aliphatic heterocycles. The Kier molecular flexibility index (Phi) is 6.90. The predicted molar refractivity (Wildman–Crippen MR) is 69.3 cm³/mol. The van der Waals surface area contributed by atoms with Crippen molar-refractivity contribution in [2.24, 2.45) is 5.92 Å². The normalized spacial score (nSPS) is 16.6. The highest BCUT2D eigenvalue weighted by Crippen LogP contribution is 2.17. The van der Waals surface area contributed by atoms with E-state index in [1.165, 1.54) is 6.92 Å². The highest BCUT2D eigenvalue weighted by atomic mass is 32.2. The van der Waals surface area contributed by atoms with Crippen LogP contribution >= 0.6 is 0 Å². The first-order chi connectivity index (χ1) is 8.29. The quantitative estimate of drug-likeness (QED) is 0.790. The van der Waals surface area contributed by atoms with E-state index in [2.05, 4.69) is 0 Å². The van der Waals surface area contributed by atoms with E-state index in [-0.39, 0.29) is 11.8 Å². The fourth-order valence-electron chi connectivity index (χ4n) is 1.72. The second-order valence-electron chi connectivity index (χ2n) is 4.02. The summed E-state index contributed by atoms with van der Waals surface area (Å²) in [5, 5.41) is 0. The minimum Gasteiger partial charge on any atom is -0.343 e. The van der Waals surface area contributed by atoms with Crippen LogP contribution in [0.25, 0.3) is 0 Å². The van der Waals surface area contributed by atoms with E-state index in [0.717, 1.165) is 6.26 Å². The second kappa shape index (κ2) is 7.35. The van der Waals surface area contributed by atoms with Gasteiger partial charge >= 0.3 is 0 Å². The monoisotopic (exact) mass is 278 g/mol. The average Bonchev–Trinajstić information content (AvgIpc) is 2.29. The third kappa shape index (κ3) is 6.00. The van der Waals surface area contributed by atoms with E-state index < -0.39 is 15.9 Å². The molecule has 1 saturated heterocycles. The maximum atomic E-state index is 11.5. The van der Waals surface area contributed by atoms with Crippen molar-refractivity contribution in [1.29, 1.82) is 0 Å². The molecule has 106 valence electrons. The van der Waals surface area contributed by atoms with Gasteiger partial charge in [-0.15, -0.1) is 0 Å².